The molecule has 0 bridgehead atoms. The zero-order chi connectivity index (χ0) is 15.9. The third-order valence-electron chi connectivity index (χ3n) is 4.02. The van der Waals surface area contributed by atoms with E-state index >= 15 is 0 Å². The molecule has 1 fully saturated rings. The van der Waals surface area contributed by atoms with E-state index in [1.807, 2.05) is 0 Å². The Morgan fingerprint density at radius 2 is 1.67 bits per heavy atom. The van der Waals surface area contributed by atoms with Gasteiger partial charge in [0.1, 0.15) is 0 Å². The molecule has 1 amide bonds. The van der Waals surface area contributed by atoms with Crippen molar-refractivity contribution in [2.75, 3.05) is 27.4 Å². The minimum Gasteiger partial charge on any atom is -0.468 e. The molecule has 0 spiro atoms. The first kappa shape index (κ1) is 17.4. The molecule has 2 N–H and O–H groups in total. The van der Waals surface area contributed by atoms with E-state index in [9.17, 15) is 14.4 Å². The minimum atomic E-state index is -1.60. The summed E-state index contributed by atoms with van der Waals surface area (Å²) in [6.45, 7) is -0.138. The number of ether oxygens (including phenoxy) is 2. The zero-order valence-electron chi connectivity index (χ0n) is 12.5. The van der Waals surface area contributed by atoms with Crippen LogP contribution in [0.5, 0.6) is 0 Å². The highest BCUT2D eigenvalue weighted by Gasteiger charge is 2.56. The lowest BCUT2D eigenvalue weighted by Crippen LogP contribution is -2.49. The van der Waals surface area contributed by atoms with Crippen LogP contribution >= 0.6 is 0 Å². The van der Waals surface area contributed by atoms with Crippen molar-refractivity contribution in [3.63, 3.8) is 0 Å². The second-order valence-electron chi connectivity index (χ2n) is 5.19. The van der Waals surface area contributed by atoms with Crippen molar-refractivity contribution < 1.29 is 29.0 Å². The van der Waals surface area contributed by atoms with Crippen LogP contribution in [0, 0.1) is 11.3 Å². The summed E-state index contributed by atoms with van der Waals surface area (Å²) in [6.07, 6.45) is 2.84. The Labute approximate surface area is 124 Å². The minimum absolute atomic E-state index is 0.0714. The van der Waals surface area contributed by atoms with Crippen LogP contribution < -0.4 is 5.32 Å². The number of amides is 1. The quantitative estimate of drug-likeness (QED) is 0.507. The van der Waals surface area contributed by atoms with Crippen LogP contribution in [0.4, 0.5) is 0 Å². The average Bonchev–Trinajstić information content (AvgIpc) is 3.03. The van der Waals surface area contributed by atoms with Gasteiger partial charge in [-0.1, -0.05) is 12.8 Å². The number of carbonyl (C=O) groups excluding carboxylic acids is 3. The van der Waals surface area contributed by atoms with Crippen LogP contribution in [0.2, 0.25) is 0 Å². The topological polar surface area (TPSA) is 102 Å². The SMILES string of the molecule is COC(=O)C(CC(=O)NCCO)(C(=O)OC)C1CCCC1. The van der Waals surface area contributed by atoms with E-state index in [0.717, 1.165) is 12.8 Å². The second kappa shape index (κ2) is 7.97. The highest BCUT2D eigenvalue weighted by Crippen LogP contribution is 2.44. The van der Waals surface area contributed by atoms with Gasteiger partial charge in [0, 0.05) is 6.54 Å². The van der Waals surface area contributed by atoms with Crippen molar-refractivity contribution in [3.05, 3.63) is 0 Å². The average molecular weight is 301 g/mol. The second-order valence-corrected chi connectivity index (χ2v) is 5.19. The number of aliphatic hydroxyl groups is 1. The van der Waals surface area contributed by atoms with Crippen LogP contribution in [-0.2, 0) is 23.9 Å². The molecule has 1 aliphatic carbocycles. The smallest absolute Gasteiger partial charge is 0.324 e. The number of hydrogen-bond acceptors (Lipinski definition) is 6. The van der Waals surface area contributed by atoms with Gasteiger partial charge in [-0.25, -0.2) is 0 Å². The molecule has 0 aromatic carbocycles. The molecule has 21 heavy (non-hydrogen) atoms. The molecule has 0 heterocycles. The van der Waals surface area contributed by atoms with E-state index in [1.54, 1.807) is 0 Å². The molecule has 1 rings (SSSR count). The lowest BCUT2D eigenvalue weighted by molar-refractivity contribution is -0.176. The molecule has 0 aromatic heterocycles. The first-order valence-corrected chi connectivity index (χ1v) is 7.07. The normalized spacial score (nSPS) is 15.6. The highest BCUT2D eigenvalue weighted by molar-refractivity contribution is 6.04. The van der Waals surface area contributed by atoms with Crippen LogP contribution in [-0.4, -0.2) is 50.3 Å². The van der Waals surface area contributed by atoms with Gasteiger partial charge in [-0.05, 0) is 18.8 Å². The zero-order valence-corrected chi connectivity index (χ0v) is 12.5. The molecule has 0 unspecified atom stereocenters. The molecular formula is C14H23NO6. The van der Waals surface area contributed by atoms with E-state index in [4.69, 9.17) is 14.6 Å². The van der Waals surface area contributed by atoms with Gasteiger partial charge in [0.15, 0.2) is 5.41 Å². The number of rotatable bonds is 7. The number of hydrogen-bond donors (Lipinski definition) is 2. The maximum atomic E-state index is 12.3. The van der Waals surface area contributed by atoms with Crippen LogP contribution in [0.3, 0.4) is 0 Å². The molecule has 0 radical (unpaired) electrons. The Bertz CT molecular complexity index is 373. The van der Waals surface area contributed by atoms with E-state index in [1.165, 1.54) is 14.2 Å². The van der Waals surface area contributed by atoms with Gasteiger partial charge in [0.25, 0.3) is 0 Å². The van der Waals surface area contributed by atoms with Crippen molar-refractivity contribution in [3.8, 4) is 0 Å². The summed E-state index contributed by atoms with van der Waals surface area (Å²) in [5, 5.41) is 11.2. The van der Waals surface area contributed by atoms with Crippen molar-refractivity contribution in [2.45, 2.75) is 32.1 Å². The van der Waals surface area contributed by atoms with Crippen LogP contribution in [0.15, 0.2) is 0 Å². The van der Waals surface area contributed by atoms with Gasteiger partial charge < -0.3 is 19.9 Å². The fourth-order valence-electron chi connectivity index (χ4n) is 3.00. The number of aliphatic hydroxyl groups excluding tert-OH is 1. The van der Waals surface area contributed by atoms with Gasteiger partial charge in [0.05, 0.1) is 27.2 Å². The first-order chi connectivity index (χ1) is 10.0. The van der Waals surface area contributed by atoms with Gasteiger partial charge in [-0.15, -0.1) is 0 Å². The fourth-order valence-corrected chi connectivity index (χ4v) is 3.00. The maximum absolute atomic E-state index is 12.3. The van der Waals surface area contributed by atoms with Crippen molar-refractivity contribution >= 4 is 17.8 Å². The summed E-state index contributed by atoms with van der Waals surface area (Å²) < 4.78 is 9.57. The predicted octanol–water partition coefficient (Wildman–Crippen LogP) is 0.00760. The monoisotopic (exact) mass is 301 g/mol. The first-order valence-electron chi connectivity index (χ1n) is 7.07. The molecule has 7 heteroatoms. The summed E-state index contributed by atoms with van der Waals surface area (Å²) in [6, 6.07) is 0. The van der Waals surface area contributed by atoms with E-state index < -0.39 is 23.3 Å². The Hall–Kier alpha value is -1.63. The fraction of sp³-hybridized carbons (Fsp3) is 0.786. The Balaban J connectivity index is 3.07. The molecular weight excluding hydrogens is 278 g/mol. The largest absolute Gasteiger partial charge is 0.468 e. The Morgan fingerprint density at radius 3 is 2.10 bits per heavy atom. The number of esters is 2. The molecule has 0 aliphatic heterocycles. The van der Waals surface area contributed by atoms with Gasteiger partial charge in [0.2, 0.25) is 5.91 Å². The van der Waals surface area contributed by atoms with Gasteiger partial charge in [-0.2, -0.15) is 0 Å². The third kappa shape index (κ3) is 3.72. The van der Waals surface area contributed by atoms with Gasteiger partial charge in [-0.3, -0.25) is 14.4 Å². The highest BCUT2D eigenvalue weighted by atomic mass is 16.5. The summed E-state index contributed by atoms with van der Waals surface area (Å²) >= 11 is 0. The lowest BCUT2D eigenvalue weighted by Gasteiger charge is -2.33. The molecule has 7 nitrogen and oxygen atoms in total. The molecule has 1 aliphatic rings. The molecule has 0 saturated heterocycles. The van der Waals surface area contributed by atoms with E-state index in [2.05, 4.69) is 5.32 Å². The summed E-state index contributed by atoms with van der Waals surface area (Å²) in [4.78, 5) is 36.5. The third-order valence-corrected chi connectivity index (χ3v) is 4.02. The standard InChI is InChI=1S/C14H23NO6/c1-20-12(18)14(13(19)21-2,10-5-3-4-6-10)9-11(17)15-7-8-16/h10,16H,3-9H2,1-2H3,(H,15,17). The molecule has 120 valence electrons. The number of methoxy groups -OCH3 is 2. The van der Waals surface area contributed by atoms with Crippen molar-refractivity contribution in [1.82, 2.24) is 5.32 Å². The van der Waals surface area contributed by atoms with Gasteiger partial charge >= 0.3 is 11.9 Å². The number of carbonyl (C=O) groups is 3. The Kier molecular flexibility index (Phi) is 6.61. The maximum Gasteiger partial charge on any atom is 0.324 e. The summed E-state index contributed by atoms with van der Waals surface area (Å²) in [5.74, 6) is -2.22. The Morgan fingerprint density at radius 1 is 1.14 bits per heavy atom. The van der Waals surface area contributed by atoms with Crippen molar-refractivity contribution in [1.29, 1.82) is 0 Å². The van der Waals surface area contributed by atoms with E-state index in [-0.39, 0.29) is 25.5 Å². The lowest BCUT2D eigenvalue weighted by atomic mass is 9.71. The molecule has 1 saturated carbocycles. The van der Waals surface area contributed by atoms with Crippen LogP contribution in [0.1, 0.15) is 32.1 Å². The molecule has 0 aromatic rings. The van der Waals surface area contributed by atoms with Crippen LogP contribution in [0.25, 0.3) is 0 Å². The summed E-state index contributed by atoms with van der Waals surface area (Å²) in [7, 11) is 2.39. The van der Waals surface area contributed by atoms with E-state index in [0.29, 0.717) is 12.8 Å². The predicted molar refractivity (Wildman–Crippen MR) is 73.1 cm³/mol. The number of nitrogens with one attached hydrogen (secondary N) is 1. The van der Waals surface area contributed by atoms with Crippen molar-refractivity contribution in [2.24, 2.45) is 11.3 Å². The summed E-state index contributed by atoms with van der Waals surface area (Å²) in [5.41, 5.74) is -1.60. The molecule has 0 atom stereocenters.